The van der Waals surface area contributed by atoms with Gasteiger partial charge in [0.2, 0.25) is 5.91 Å². The summed E-state index contributed by atoms with van der Waals surface area (Å²) in [5, 5.41) is 3.04. The Morgan fingerprint density at radius 1 is 1.47 bits per heavy atom. The van der Waals surface area contributed by atoms with Crippen molar-refractivity contribution in [2.75, 3.05) is 0 Å². The maximum Gasteiger partial charge on any atom is 0.220 e. The lowest BCUT2D eigenvalue weighted by atomic mass is 10.0. The first-order valence-electron chi connectivity index (χ1n) is 6.80. The molecule has 1 N–H and O–H groups in total. The van der Waals surface area contributed by atoms with E-state index in [4.69, 9.17) is 11.6 Å². The highest BCUT2D eigenvalue weighted by molar-refractivity contribution is 6.30. The van der Waals surface area contributed by atoms with Gasteiger partial charge in [0.05, 0.1) is 11.1 Å². The van der Waals surface area contributed by atoms with Crippen molar-refractivity contribution in [1.82, 2.24) is 5.32 Å². The lowest BCUT2D eigenvalue weighted by molar-refractivity contribution is -0.122. The lowest BCUT2D eigenvalue weighted by Gasteiger charge is -2.16. The van der Waals surface area contributed by atoms with Crippen LogP contribution in [0.3, 0.4) is 0 Å². The lowest BCUT2D eigenvalue weighted by Crippen LogP contribution is -2.28. The molecule has 19 heavy (non-hydrogen) atoms. The van der Waals surface area contributed by atoms with E-state index in [0.717, 1.165) is 18.4 Å². The molecule has 2 rings (SSSR count). The first kappa shape index (κ1) is 14.3. The Morgan fingerprint density at radius 3 is 2.79 bits per heavy atom. The Bertz CT molecular complexity index is 457. The van der Waals surface area contributed by atoms with Crippen molar-refractivity contribution in [1.29, 1.82) is 0 Å². The third kappa shape index (κ3) is 3.93. The van der Waals surface area contributed by atoms with Crippen molar-refractivity contribution in [2.24, 2.45) is 5.92 Å². The fourth-order valence-electron chi connectivity index (χ4n) is 2.64. The molecule has 104 valence electrons. The molecule has 1 fully saturated rings. The highest BCUT2D eigenvalue weighted by Crippen LogP contribution is 2.28. The molecule has 1 aliphatic rings. The molecule has 1 aliphatic carbocycles. The number of nitrogens with one attached hydrogen (secondary N) is 1. The van der Waals surface area contributed by atoms with Crippen LogP contribution in [0.25, 0.3) is 0 Å². The largest absolute Gasteiger partial charge is 0.350 e. The van der Waals surface area contributed by atoms with Gasteiger partial charge in [-0.15, -0.1) is 0 Å². The van der Waals surface area contributed by atoms with E-state index in [1.807, 2.05) is 6.92 Å². The minimum atomic E-state index is -0.435. The second-order valence-corrected chi connectivity index (χ2v) is 5.72. The van der Waals surface area contributed by atoms with E-state index in [1.54, 1.807) is 12.1 Å². The zero-order chi connectivity index (χ0) is 13.8. The number of halogens is 2. The molecule has 0 aliphatic heterocycles. The van der Waals surface area contributed by atoms with Gasteiger partial charge in [-0.05, 0) is 43.4 Å². The van der Waals surface area contributed by atoms with Crippen LogP contribution in [0.2, 0.25) is 5.02 Å². The van der Waals surface area contributed by atoms with Crippen molar-refractivity contribution in [2.45, 2.75) is 45.1 Å². The van der Waals surface area contributed by atoms with Crippen LogP contribution in [0.15, 0.2) is 18.2 Å². The number of rotatable bonds is 4. The summed E-state index contributed by atoms with van der Waals surface area (Å²) in [6.07, 6.45) is 5.38. The van der Waals surface area contributed by atoms with Gasteiger partial charge in [0.1, 0.15) is 5.82 Å². The normalized spacial score (nSPS) is 17.4. The maximum absolute atomic E-state index is 13.1. The predicted octanol–water partition coefficient (Wildman–Crippen LogP) is 4.24. The fraction of sp³-hybridized carbons (Fsp3) is 0.533. The molecule has 0 heterocycles. The zero-order valence-electron chi connectivity index (χ0n) is 11.1. The summed E-state index contributed by atoms with van der Waals surface area (Å²) < 4.78 is 13.1. The topological polar surface area (TPSA) is 29.1 Å². The average Bonchev–Trinajstić information content (AvgIpc) is 2.85. The van der Waals surface area contributed by atoms with Crippen LogP contribution in [0.1, 0.15) is 50.6 Å². The van der Waals surface area contributed by atoms with Crippen molar-refractivity contribution in [3.8, 4) is 0 Å². The first-order valence-corrected chi connectivity index (χ1v) is 7.18. The van der Waals surface area contributed by atoms with Crippen molar-refractivity contribution in [3.05, 3.63) is 34.6 Å². The molecule has 1 aromatic rings. The molecule has 0 radical (unpaired) electrons. The van der Waals surface area contributed by atoms with Crippen LogP contribution in [-0.2, 0) is 4.79 Å². The molecule has 1 aromatic carbocycles. The number of carbonyl (C=O) groups excluding carboxylic acids is 1. The number of carbonyl (C=O) groups is 1. The quantitative estimate of drug-likeness (QED) is 0.880. The average molecular weight is 284 g/mol. The third-order valence-corrected chi connectivity index (χ3v) is 4.06. The summed E-state index contributed by atoms with van der Waals surface area (Å²) in [4.78, 5) is 11.9. The van der Waals surface area contributed by atoms with Gasteiger partial charge >= 0.3 is 0 Å². The van der Waals surface area contributed by atoms with E-state index in [2.05, 4.69) is 5.32 Å². The van der Waals surface area contributed by atoms with Crippen LogP contribution in [0.5, 0.6) is 0 Å². The van der Waals surface area contributed by atoms with Crippen molar-refractivity contribution in [3.63, 3.8) is 0 Å². The van der Waals surface area contributed by atoms with Gasteiger partial charge in [-0.25, -0.2) is 4.39 Å². The second-order valence-electron chi connectivity index (χ2n) is 5.32. The molecular weight excluding hydrogens is 265 g/mol. The van der Waals surface area contributed by atoms with Crippen molar-refractivity contribution < 1.29 is 9.18 Å². The Hall–Kier alpha value is -1.09. The van der Waals surface area contributed by atoms with Gasteiger partial charge in [-0.3, -0.25) is 4.79 Å². The Labute approximate surface area is 118 Å². The van der Waals surface area contributed by atoms with E-state index in [-0.39, 0.29) is 17.0 Å². The Balaban J connectivity index is 1.90. The molecule has 0 saturated heterocycles. The smallest absolute Gasteiger partial charge is 0.220 e. The standard InChI is InChI=1S/C15H19ClFNO/c1-10(12-6-7-14(17)13(16)9-12)18-15(19)8-11-4-2-3-5-11/h6-7,9-11H,2-5,8H2,1H3,(H,18,19). The van der Waals surface area contributed by atoms with E-state index in [9.17, 15) is 9.18 Å². The van der Waals surface area contributed by atoms with E-state index in [0.29, 0.717) is 12.3 Å². The summed E-state index contributed by atoms with van der Waals surface area (Å²) in [5.74, 6) is 0.166. The van der Waals surface area contributed by atoms with Gasteiger partial charge in [0.25, 0.3) is 0 Å². The third-order valence-electron chi connectivity index (χ3n) is 3.77. The van der Waals surface area contributed by atoms with Gasteiger partial charge in [-0.1, -0.05) is 30.5 Å². The highest BCUT2D eigenvalue weighted by Gasteiger charge is 2.19. The summed E-state index contributed by atoms with van der Waals surface area (Å²) in [6, 6.07) is 4.41. The van der Waals surface area contributed by atoms with E-state index < -0.39 is 5.82 Å². The van der Waals surface area contributed by atoms with Gasteiger partial charge in [-0.2, -0.15) is 0 Å². The Morgan fingerprint density at radius 2 is 2.16 bits per heavy atom. The Kier molecular flexibility index (Phi) is 4.81. The maximum atomic E-state index is 13.1. The second kappa shape index (κ2) is 6.38. The van der Waals surface area contributed by atoms with Crippen molar-refractivity contribution >= 4 is 17.5 Å². The van der Waals surface area contributed by atoms with Gasteiger partial charge in [0, 0.05) is 6.42 Å². The van der Waals surface area contributed by atoms with Crippen LogP contribution < -0.4 is 5.32 Å². The highest BCUT2D eigenvalue weighted by atomic mass is 35.5. The van der Waals surface area contributed by atoms with Crippen LogP contribution >= 0.6 is 11.6 Å². The zero-order valence-corrected chi connectivity index (χ0v) is 11.8. The van der Waals surface area contributed by atoms with Gasteiger partial charge < -0.3 is 5.32 Å². The SMILES string of the molecule is CC(NC(=O)CC1CCCC1)c1ccc(F)c(Cl)c1. The molecule has 1 saturated carbocycles. The molecule has 2 nitrogen and oxygen atoms in total. The first-order chi connectivity index (χ1) is 9.06. The molecule has 0 bridgehead atoms. The minimum Gasteiger partial charge on any atom is -0.350 e. The van der Waals surface area contributed by atoms with Crippen LogP contribution in [0.4, 0.5) is 4.39 Å². The number of benzene rings is 1. The van der Waals surface area contributed by atoms with Crippen LogP contribution in [-0.4, -0.2) is 5.91 Å². The van der Waals surface area contributed by atoms with E-state index in [1.165, 1.54) is 18.9 Å². The summed E-state index contributed by atoms with van der Waals surface area (Å²) in [6.45, 7) is 1.89. The fourth-order valence-corrected chi connectivity index (χ4v) is 2.83. The molecule has 1 amide bonds. The predicted molar refractivity (Wildman–Crippen MR) is 74.5 cm³/mol. The number of hydrogen-bond donors (Lipinski definition) is 1. The van der Waals surface area contributed by atoms with Gasteiger partial charge in [0.15, 0.2) is 0 Å². The molecule has 1 unspecified atom stereocenters. The molecule has 0 spiro atoms. The minimum absolute atomic E-state index is 0.0693. The summed E-state index contributed by atoms with van der Waals surface area (Å²) >= 11 is 5.74. The number of hydrogen-bond acceptors (Lipinski definition) is 1. The molecular formula is C15H19ClFNO. The summed E-state index contributed by atoms with van der Waals surface area (Å²) in [5.41, 5.74) is 0.825. The molecule has 1 atom stereocenters. The number of amides is 1. The van der Waals surface area contributed by atoms with Crippen LogP contribution in [0, 0.1) is 11.7 Å². The van der Waals surface area contributed by atoms with E-state index >= 15 is 0 Å². The monoisotopic (exact) mass is 283 g/mol. The molecule has 0 aromatic heterocycles. The molecule has 4 heteroatoms. The summed E-state index contributed by atoms with van der Waals surface area (Å²) in [7, 11) is 0.